The van der Waals surface area contributed by atoms with Crippen molar-refractivity contribution >= 4 is 17.7 Å². The average Bonchev–Trinajstić information content (AvgIpc) is 3.20. The molecule has 2 unspecified atom stereocenters. The minimum atomic E-state index is -2.90. The largest absolute Gasteiger partial charge is 0.481 e. The summed E-state index contributed by atoms with van der Waals surface area (Å²) < 4.78 is 29.4. The Morgan fingerprint density at radius 2 is 1.82 bits per heavy atom. The zero-order valence-corrected chi connectivity index (χ0v) is 15.9. The van der Waals surface area contributed by atoms with Gasteiger partial charge in [0, 0.05) is 44.6 Å². The maximum Gasteiger partial charge on any atom is 0.303 e. The summed E-state index contributed by atoms with van der Waals surface area (Å²) >= 11 is 0. The Kier molecular flexibility index (Phi) is 4.21. The number of carbonyl (C=O) groups is 1. The van der Waals surface area contributed by atoms with Gasteiger partial charge in [0.25, 0.3) is 5.92 Å². The van der Waals surface area contributed by atoms with E-state index in [9.17, 15) is 13.6 Å². The number of piperidine rings is 2. The van der Waals surface area contributed by atoms with Crippen LogP contribution >= 0.6 is 0 Å². The zero-order chi connectivity index (χ0) is 19.5. The summed E-state index contributed by atoms with van der Waals surface area (Å²) in [5.74, 6) is -1.68. The predicted octanol–water partition coefficient (Wildman–Crippen LogP) is 3.05. The number of aliphatic carboxylic acids is 1. The molecule has 1 saturated carbocycles. The van der Waals surface area contributed by atoms with E-state index in [2.05, 4.69) is 9.88 Å². The summed E-state index contributed by atoms with van der Waals surface area (Å²) in [6.07, 6.45) is 4.21. The van der Waals surface area contributed by atoms with Crippen molar-refractivity contribution in [1.82, 2.24) is 9.97 Å². The first-order chi connectivity index (χ1) is 13.4. The topological polar surface area (TPSA) is 69.6 Å². The predicted molar refractivity (Wildman–Crippen MR) is 99.9 cm³/mol. The Hall–Kier alpha value is -1.99. The number of alkyl halides is 2. The second kappa shape index (κ2) is 6.52. The summed E-state index contributed by atoms with van der Waals surface area (Å²) in [5.41, 5.74) is 0.530. The molecular formula is C20H26F2N4O2. The molecule has 6 nitrogen and oxygen atoms in total. The third-order valence-electron chi connectivity index (χ3n) is 7.06. The molecule has 1 N–H and O–H groups in total. The Labute approximate surface area is 162 Å². The molecule has 28 heavy (non-hydrogen) atoms. The molecule has 2 bridgehead atoms. The second-order valence-corrected chi connectivity index (χ2v) is 8.85. The van der Waals surface area contributed by atoms with Crippen LogP contribution in [-0.2, 0) is 17.1 Å². The maximum absolute atomic E-state index is 14.7. The Balaban J connectivity index is 1.49. The number of halogens is 2. The van der Waals surface area contributed by atoms with E-state index in [-0.39, 0.29) is 24.5 Å². The summed E-state index contributed by atoms with van der Waals surface area (Å²) in [5, 5.41) is 9.14. The lowest BCUT2D eigenvalue weighted by Crippen LogP contribution is -2.56. The SMILES string of the molecule is O=C(O)CC1C2CC1CN(c1nc(N3CCCC3)nc3c1CCCC3(F)F)C2. The summed E-state index contributed by atoms with van der Waals surface area (Å²) in [7, 11) is 0. The monoisotopic (exact) mass is 392 g/mol. The molecule has 3 aliphatic heterocycles. The van der Waals surface area contributed by atoms with Crippen LogP contribution in [0, 0.1) is 17.8 Å². The fourth-order valence-electron chi connectivity index (χ4n) is 5.61. The first kappa shape index (κ1) is 18.1. The van der Waals surface area contributed by atoms with E-state index in [0.717, 1.165) is 32.4 Å². The van der Waals surface area contributed by atoms with Gasteiger partial charge in [-0.2, -0.15) is 13.8 Å². The van der Waals surface area contributed by atoms with E-state index in [1.807, 2.05) is 4.90 Å². The number of carboxylic acid groups (broad SMARTS) is 1. The Bertz CT molecular complexity index is 785. The molecule has 5 aliphatic rings. The van der Waals surface area contributed by atoms with E-state index in [4.69, 9.17) is 10.1 Å². The van der Waals surface area contributed by atoms with Crippen LogP contribution in [0.5, 0.6) is 0 Å². The standard InChI is InChI=1S/C20H26F2N4O2/c21-20(22)5-3-4-14-17(20)23-19(25-6-1-2-7-25)24-18(14)26-10-12-8-13(11-26)15(12)9-16(27)28/h12-13,15H,1-11H2,(H,27,28). The van der Waals surface area contributed by atoms with Gasteiger partial charge in [-0.1, -0.05) is 0 Å². The molecule has 0 aromatic carbocycles. The fraction of sp³-hybridized carbons (Fsp3) is 0.750. The number of nitrogens with zero attached hydrogens (tertiary/aromatic N) is 4. The van der Waals surface area contributed by atoms with Crippen molar-refractivity contribution in [3.8, 4) is 0 Å². The van der Waals surface area contributed by atoms with Gasteiger partial charge in [0.2, 0.25) is 5.95 Å². The lowest BCUT2D eigenvalue weighted by Gasteiger charge is -2.54. The van der Waals surface area contributed by atoms with Crippen LogP contribution in [0.3, 0.4) is 0 Å². The lowest BCUT2D eigenvalue weighted by molar-refractivity contribution is -0.141. The van der Waals surface area contributed by atoms with Gasteiger partial charge in [0.1, 0.15) is 11.5 Å². The minimum absolute atomic E-state index is 0.0769. The van der Waals surface area contributed by atoms with Crippen molar-refractivity contribution < 1.29 is 18.7 Å². The molecule has 0 amide bonds. The molecule has 0 radical (unpaired) electrons. The van der Waals surface area contributed by atoms with Crippen molar-refractivity contribution in [3.05, 3.63) is 11.3 Å². The number of carboxylic acids is 1. The van der Waals surface area contributed by atoms with Gasteiger partial charge in [-0.25, -0.2) is 4.98 Å². The minimum Gasteiger partial charge on any atom is -0.481 e. The van der Waals surface area contributed by atoms with Crippen LogP contribution in [0.4, 0.5) is 20.5 Å². The first-order valence-corrected chi connectivity index (χ1v) is 10.4. The molecule has 8 heteroatoms. The molecule has 0 spiro atoms. The molecule has 1 aromatic rings. The summed E-state index contributed by atoms with van der Waals surface area (Å²) in [6, 6.07) is 0. The zero-order valence-electron chi connectivity index (χ0n) is 15.9. The molecule has 6 rings (SSSR count). The van der Waals surface area contributed by atoms with Gasteiger partial charge in [0.15, 0.2) is 0 Å². The van der Waals surface area contributed by atoms with E-state index >= 15 is 0 Å². The quantitative estimate of drug-likeness (QED) is 0.849. The summed E-state index contributed by atoms with van der Waals surface area (Å²) in [4.78, 5) is 24.4. The molecule has 2 aliphatic carbocycles. The highest BCUT2D eigenvalue weighted by atomic mass is 19.3. The summed E-state index contributed by atoms with van der Waals surface area (Å²) in [6.45, 7) is 3.05. The molecule has 152 valence electrons. The van der Waals surface area contributed by atoms with Crippen LogP contribution in [0.1, 0.15) is 49.8 Å². The average molecular weight is 392 g/mol. The Morgan fingerprint density at radius 1 is 1.11 bits per heavy atom. The lowest BCUT2D eigenvalue weighted by atomic mass is 9.60. The second-order valence-electron chi connectivity index (χ2n) is 8.85. The smallest absolute Gasteiger partial charge is 0.303 e. The van der Waals surface area contributed by atoms with E-state index in [1.165, 1.54) is 0 Å². The molecule has 3 saturated heterocycles. The van der Waals surface area contributed by atoms with E-state index in [1.54, 1.807) is 0 Å². The third kappa shape index (κ3) is 2.92. The van der Waals surface area contributed by atoms with Crippen molar-refractivity contribution in [2.24, 2.45) is 17.8 Å². The molecule has 2 atom stereocenters. The highest BCUT2D eigenvalue weighted by Crippen LogP contribution is 2.50. The van der Waals surface area contributed by atoms with E-state index < -0.39 is 11.9 Å². The number of rotatable bonds is 4. The van der Waals surface area contributed by atoms with Crippen LogP contribution in [0.2, 0.25) is 0 Å². The number of hydrogen-bond acceptors (Lipinski definition) is 5. The maximum atomic E-state index is 14.7. The normalized spacial score (nSPS) is 30.7. The van der Waals surface area contributed by atoms with Gasteiger partial charge < -0.3 is 14.9 Å². The van der Waals surface area contributed by atoms with Crippen molar-refractivity contribution in [2.45, 2.75) is 50.9 Å². The van der Waals surface area contributed by atoms with Crippen molar-refractivity contribution in [2.75, 3.05) is 36.0 Å². The molecular weight excluding hydrogens is 366 g/mol. The third-order valence-corrected chi connectivity index (χ3v) is 7.06. The fourth-order valence-corrected chi connectivity index (χ4v) is 5.61. The van der Waals surface area contributed by atoms with Gasteiger partial charge in [-0.05, 0) is 49.9 Å². The van der Waals surface area contributed by atoms with Crippen LogP contribution in [0.25, 0.3) is 0 Å². The molecule has 4 fully saturated rings. The Morgan fingerprint density at radius 3 is 2.50 bits per heavy atom. The van der Waals surface area contributed by atoms with Crippen LogP contribution < -0.4 is 9.80 Å². The number of anilines is 2. The highest BCUT2D eigenvalue weighted by molar-refractivity contribution is 5.67. The van der Waals surface area contributed by atoms with Crippen LogP contribution in [0.15, 0.2) is 0 Å². The highest BCUT2D eigenvalue weighted by Gasteiger charge is 2.49. The number of aromatic nitrogens is 2. The van der Waals surface area contributed by atoms with Gasteiger partial charge >= 0.3 is 5.97 Å². The van der Waals surface area contributed by atoms with Crippen LogP contribution in [-0.4, -0.2) is 47.2 Å². The molecule has 4 heterocycles. The number of fused-ring (bicyclic) bond motifs is 3. The van der Waals surface area contributed by atoms with Crippen molar-refractivity contribution in [3.63, 3.8) is 0 Å². The van der Waals surface area contributed by atoms with Gasteiger partial charge in [0.05, 0.1) is 0 Å². The molecule has 1 aromatic heterocycles. The number of hydrogen-bond donors (Lipinski definition) is 1. The first-order valence-electron chi connectivity index (χ1n) is 10.4. The van der Waals surface area contributed by atoms with E-state index in [0.29, 0.717) is 55.1 Å². The van der Waals surface area contributed by atoms with Gasteiger partial charge in [-0.3, -0.25) is 4.79 Å². The van der Waals surface area contributed by atoms with Gasteiger partial charge in [-0.15, -0.1) is 0 Å². The van der Waals surface area contributed by atoms with Crippen molar-refractivity contribution in [1.29, 1.82) is 0 Å².